The van der Waals surface area contributed by atoms with Gasteiger partial charge in [-0.25, -0.2) is 4.79 Å². The van der Waals surface area contributed by atoms with Crippen LogP contribution in [0.5, 0.6) is 17.2 Å². The molecule has 1 aromatic carbocycles. The van der Waals surface area contributed by atoms with Crippen molar-refractivity contribution in [3.05, 3.63) is 40.1 Å². The summed E-state index contributed by atoms with van der Waals surface area (Å²) in [5, 5.41) is 3.88. The average Bonchev–Trinajstić information content (AvgIpc) is 3.23. The molecule has 0 aliphatic carbocycles. The fourth-order valence-electron chi connectivity index (χ4n) is 2.35. The molecule has 0 radical (unpaired) electrons. The molecule has 2 aromatic rings. The lowest BCUT2D eigenvalue weighted by molar-refractivity contribution is -0.123. The maximum atomic E-state index is 12.4. The molecule has 1 aromatic heterocycles. The highest BCUT2D eigenvalue weighted by molar-refractivity contribution is 7.12. The number of rotatable bonds is 10. The van der Waals surface area contributed by atoms with Crippen LogP contribution in [0.1, 0.15) is 40.8 Å². The van der Waals surface area contributed by atoms with Gasteiger partial charge in [-0.3, -0.25) is 14.9 Å². The van der Waals surface area contributed by atoms with E-state index in [1.807, 2.05) is 6.92 Å². The van der Waals surface area contributed by atoms with Crippen molar-refractivity contribution in [3.63, 3.8) is 0 Å². The van der Waals surface area contributed by atoms with E-state index in [1.165, 1.54) is 23.5 Å². The minimum absolute atomic E-state index is 0.137. The summed E-state index contributed by atoms with van der Waals surface area (Å²) in [7, 11) is 0. The van der Waals surface area contributed by atoms with Crippen molar-refractivity contribution in [1.82, 2.24) is 5.32 Å². The molecule has 0 atom stereocenters. The number of carbonyl (C=O) groups is 3. The standard InChI is InChI=1S/C20H23NO7S/c1-4-25-14-10-13(11-15(26-5-2)18(14)27-6-3)20(24)28-12-17(22)21-19(23)16-8-7-9-29-16/h7-11H,4-6,12H2,1-3H3,(H,21,22,23). The lowest BCUT2D eigenvalue weighted by Gasteiger charge is -2.16. The smallest absolute Gasteiger partial charge is 0.338 e. The Morgan fingerprint density at radius 2 is 1.59 bits per heavy atom. The number of esters is 1. The third kappa shape index (κ3) is 6.21. The normalized spacial score (nSPS) is 10.2. The molecule has 9 heteroatoms. The molecule has 0 fully saturated rings. The van der Waals surface area contributed by atoms with Crippen molar-refractivity contribution in [2.45, 2.75) is 20.8 Å². The molecule has 8 nitrogen and oxygen atoms in total. The quantitative estimate of drug-likeness (QED) is 0.589. The number of carbonyl (C=O) groups excluding carboxylic acids is 3. The van der Waals surface area contributed by atoms with E-state index in [9.17, 15) is 14.4 Å². The molecule has 2 rings (SSSR count). The maximum Gasteiger partial charge on any atom is 0.338 e. The molecule has 0 saturated carbocycles. The van der Waals surface area contributed by atoms with Crippen molar-refractivity contribution in [2.75, 3.05) is 26.4 Å². The maximum absolute atomic E-state index is 12.4. The number of amides is 2. The van der Waals surface area contributed by atoms with Crippen molar-refractivity contribution in [2.24, 2.45) is 0 Å². The van der Waals surface area contributed by atoms with Gasteiger partial charge in [-0.05, 0) is 44.4 Å². The summed E-state index contributed by atoms with van der Waals surface area (Å²) >= 11 is 1.20. The van der Waals surface area contributed by atoms with E-state index in [2.05, 4.69) is 5.32 Å². The molecular weight excluding hydrogens is 398 g/mol. The van der Waals surface area contributed by atoms with Crippen LogP contribution >= 0.6 is 11.3 Å². The van der Waals surface area contributed by atoms with Gasteiger partial charge in [-0.1, -0.05) is 6.07 Å². The summed E-state index contributed by atoms with van der Waals surface area (Å²) < 4.78 is 21.7. The monoisotopic (exact) mass is 421 g/mol. The van der Waals surface area contributed by atoms with Gasteiger partial charge in [-0.15, -0.1) is 11.3 Å². The van der Waals surface area contributed by atoms with Crippen molar-refractivity contribution < 1.29 is 33.3 Å². The zero-order valence-corrected chi connectivity index (χ0v) is 17.3. The Bertz CT molecular complexity index is 822. The van der Waals surface area contributed by atoms with Gasteiger partial charge in [0, 0.05) is 0 Å². The van der Waals surface area contributed by atoms with Crippen LogP contribution in [-0.4, -0.2) is 44.2 Å². The Morgan fingerprint density at radius 1 is 0.966 bits per heavy atom. The molecule has 2 amide bonds. The number of nitrogens with one attached hydrogen (secondary N) is 1. The molecule has 0 bridgehead atoms. The molecule has 0 unspecified atom stereocenters. The first kappa shape index (κ1) is 22.2. The van der Waals surface area contributed by atoms with E-state index in [4.69, 9.17) is 18.9 Å². The molecule has 0 saturated heterocycles. The van der Waals surface area contributed by atoms with Gasteiger partial charge in [-0.2, -0.15) is 0 Å². The highest BCUT2D eigenvalue weighted by Gasteiger charge is 2.20. The predicted molar refractivity (Wildman–Crippen MR) is 107 cm³/mol. The summed E-state index contributed by atoms with van der Waals surface area (Å²) in [4.78, 5) is 36.5. The highest BCUT2D eigenvalue weighted by atomic mass is 32.1. The second kappa shape index (κ2) is 11.1. The van der Waals surface area contributed by atoms with Gasteiger partial charge in [0.15, 0.2) is 18.1 Å². The minimum atomic E-state index is -0.756. The first-order valence-electron chi connectivity index (χ1n) is 9.11. The number of thiophene rings is 1. The molecule has 1 heterocycles. The van der Waals surface area contributed by atoms with Crippen molar-refractivity contribution in [1.29, 1.82) is 0 Å². The fourth-order valence-corrected chi connectivity index (χ4v) is 2.97. The average molecular weight is 421 g/mol. The van der Waals surface area contributed by atoms with E-state index in [-0.39, 0.29) is 5.56 Å². The Hall–Kier alpha value is -3.07. The number of hydrogen-bond donors (Lipinski definition) is 1. The Morgan fingerprint density at radius 3 is 2.10 bits per heavy atom. The lowest BCUT2D eigenvalue weighted by atomic mass is 10.2. The second-order valence-corrected chi connectivity index (χ2v) is 6.48. The highest BCUT2D eigenvalue weighted by Crippen LogP contribution is 2.39. The number of hydrogen-bond acceptors (Lipinski definition) is 8. The van der Waals surface area contributed by atoms with Gasteiger partial charge in [0.25, 0.3) is 11.8 Å². The summed E-state index contributed by atoms with van der Waals surface area (Å²) in [5.41, 5.74) is 0.137. The van der Waals surface area contributed by atoms with Crippen LogP contribution in [0.3, 0.4) is 0 Å². The molecule has 29 heavy (non-hydrogen) atoms. The third-order valence-corrected chi connectivity index (χ3v) is 4.35. The predicted octanol–water partition coefficient (Wildman–Crippen LogP) is 3.06. The Balaban J connectivity index is 2.08. The second-order valence-electron chi connectivity index (χ2n) is 5.53. The van der Waals surface area contributed by atoms with Crippen molar-refractivity contribution >= 4 is 29.1 Å². The van der Waals surface area contributed by atoms with Gasteiger partial charge < -0.3 is 18.9 Å². The SMILES string of the molecule is CCOc1cc(C(=O)OCC(=O)NC(=O)c2cccs2)cc(OCC)c1OCC. The van der Waals surface area contributed by atoms with Crippen LogP contribution < -0.4 is 19.5 Å². The van der Waals surface area contributed by atoms with Gasteiger partial charge in [0.2, 0.25) is 5.75 Å². The minimum Gasteiger partial charge on any atom is -0.490 e. The largest absolute Gasteiger partial charge is 0.490 e. The van der Waals surface area contributed by atoms with Crippen LogP contribution in [0, 0.1) is 0 Å². The van der Waals surface area contributed by atoms with Crippen LogP contribution in [0.2, 0.25) is 0 Å². The number of ether oxygens (including phenoxy) is 4. The summed E-state index contributed by atoms with van der Waals surface area (Å²) in [6, 6.07) is 6.22. The zero-order valence-electron chi connectivity index (χ0n) is 16.5. The summed E-state index contributed by atoms with van der Waals surface area (Å²) in [6.45, 7) is 5.93. The molecule has 0 spiro atoms. The van der Waals surface area contributed by atoms with Crippen LogP contribution in [-0.2, 0) is 9.53 Å². The van der Waals surface area contributed by atoms with Gasteiger partial charge in [0.1, 0.15) is 0 Å². The molecule has 0 aliphatic heterocycles. The lowest BCUT2D eigenvalue weighted by Crippen LogP contribution is -2.33. The summed E-state index contributed by atoms with van der Waals surface area (Å²) in [5.74, 6) is -0.952. The topological polar surface area (TPSA) is 100 Å². The van der Waals surface area contributed by atoms with Crippen LogP contribution in [0.25, 0.3) is 0 Å². The van der Waals surface area contributed by atoms with E-state index in [1.54, 1.807) is 31.4 Å². The van der Waals surface area contributed by atoms with E-state index in [0.29, 0.717) is 41.9 Å². The number of benzene rings is 1. The van der Waals surface area contributed by atoms with E-state index in [0.717, 1.165) is 0 Å². The molecular formula is C20H23NO7S. The Kier molecular flexibility index (Phi) is 8.47. The summed E-state index contributed by atoms with van der Waals surface area (Å²) in [6.07, 6.45) is 0. The first-order valence-corrected chi connectivity index (χ1v) is 9.99. The zero-order chi connectivity index (χ0) is 21.2. The van der Waals surface area contributed by atoms with Crippen molar-refractivity contribution in [3.8, 4) is 17.2 Å². The van der Waals surface area contributed by atoms with Gasteiger partial charge >= 0.3 is 5.97 Å². The van der Waals surface area contributed by atoms with Gasteiger partial charge in [0.05, 0.1) is 30.3 Å². The van der Waals surface area contributed by atoms with Crippen LogP contribution in [0.15, 0.2) is 29.6 Å². The first-order chi connectivity index (χ1) is 14.0. The van der Waals surface area contributed by atoms with E-state index < -0.39 is 24.4 Å². The molecule has 1 N–H and O–H groups in total. The fraction of sp³-hybridized carbons (Fsp3) is 0.350. The van der Waals surface area contributed by atoms with E-state index >= 15 is 0 Å². The Labute approximate surface area is 172 Å². The molecule has 0 aliphatic rings. The van der Waals surface area contributed by atoms with Crippen LogP contribution in [0.4, 0.5) is 0 Å². The molecule has 156 valence electrons. The number of imide groups is 1. The third-order valence-electron chi connectivity index (χ3n) is 3.48.